The van der Waals surface area contributed by atoms with Crippen molar-refractivity contribution in [2.75, 3.05) is 13.7 Å². The van der Waals surface area contributed by atoms with Crippen LogP contribution in [0.2, 0.25) is 5.15 Å². The van der Waals surface area contributed by atoms with Crippen LogP contribution in [0.5, 0.6) is 0 Å². The van der Waals surface area contributed by atoms with Gasteiger partial charge in [0, 0.05) is 20.7 Å². The van der Waals surface area contributed by atoms with Crippen LogP contribution in [-0.4, -0.2) is 23.2 Å². The Labute approximate surface area is 76.3 Å². The van der Waals surface area contributed by atoms with Crippen molar-refractivity contribution in [2.24, 2.45) is 12.8 Å². The predicted molar refractivity (Wildman–Crippen MR) is 47.0 cm³/mol. The summed E-state index contributed by atoms with van der Waals surface area (Å²) >= 11 is 5.79. The van der Waals surface area contributed by atoms with Crippen molar-refractivity contribution in [3.8, 4) is 0 Å². The molecule has 0 radical (unpaired) electrons. The summed E-state index contributed by atoms with van der Waals surface area (Å²) in [4.78, 5) is 4.08. The third-order valence-electron chi connectivity index (χ3n) is 1.75. The second-order valence-electron chi connectivity index (χ2n) is 2.46. The first-order valence-corrected chi connectivity index (χ1v) is 3.98. The van der Waals surface area contributed by atoms with Gasteiger partial charge in [-0.3, -0.25) is 0 Å². The Hall–Kier alpha value is -0.580. The van der Waals surface area contributed by atoms with Gasteiger partial charge in [0.25, 0.3) is 0 Å². The van der Waals surface area contributed by atoms with E-state index >= 15 is 0 Å². The monoisotopic (exact) mass is 189 g/mol. The third-order valence-corrected chi connectivity index (χ3v) is 2.11. The lowest BCUT2D eigenvalue weighted by Crippen LogP contribution is -2.17. The van der Waals surface area contributed by atoms with Gasteiger partial charge in [-0.15, -0.1) is 0 Å². The Morgan fingerprint density at radius 3 is 2.83 bits per heavy atom. The second kappa shape index (κ2) is 3.89. The summed E-state index contributed by atoms with van der Waals surface area (Å²) in [5, 5.41) is 0.584. The number of halogens is 1. The highest BCUT2D eigenvalue weighted by atomic mass is 35.5. The number of hydrogen-bond acceptors (Lipinski definition) is 3. The summed E-state index contributed by atoms with van der Waals surface area (Å²) < 4.78 is 6.87. The van der Waals surface area contributed by atoms with Crippen molar-refractivity contribution >= 4 is 11.6 Å². The van der Waals surface area contributed by atoms with Crippen molar-refractivity contribution < 1.29 is 4.74 Å². The molecular formula is C7H12ClN3O. The van der Waals surface area contributed by atoms with E-state index in [9.17, 15) is 0 Å². The molecule has 1 aromatic heterocycles. The van der Waals surface area contributed by atoms with Gasteiger partial charge in [0.05, 0.1) is 6.20 Å². The van der Waals surface area contributed by atoms with E-state index in [0.717, 1.165) is 5.82 Å². The topological polar surface area (TPSA) is 53.1 Å². The number of hydrogen-bond donors (Lipinski definition) is 1. The van der Waals surface area contributed by atoms with Crippen LogP contribution in [0.1, 0.15) is 11.9 Å². The Morgan fingerprint density at radius 1 is 1.83 bits per heavy atom. The first-order valence-electron chi connectivity index (χ1n) is 3.60. The fourth-order valence-electron chi connectivity index (χ4n) is 1.01. The molecule has 68 valence electrons. The molecular weight excluding hydrogens is 178 g/mol. The van der Waals surface area contributed by atoms with E-state index in [4.69, 9.17) is 22.1 Å². The minimum atomic E-state index is -0.178. The van der Waals surface area contributed by atoms with E-state index in [2.05, 4.69) is 4.98 Å². The van der Waals surface area contributed by atoms with Gasteiger partial charge in [0.2, 0.25) is 0 Å². The van der Waals surface area contributed by atoms with Gasteiger partial charge in [-0.25, -0.2) is 4.98 Å². The molecule has 2 N–H and O–H groups in total. The molecule has 0 fully saturated rings. The van der Waals surface area contributed by atoms with E-state index in [1.54, 1.807) is 17.9 Å². The Morgan fingerprint density at radius 2 is 2.50 bits per heavy atom. The molecule has 5 heteroatoms. The summed E-state index contributed by atoms with van der Waals surface area (Å²) in [6.07, 6.45) is 1.40. The lowest BCUT2D eigenvalue weighted by Gasteiger charge is -2.12. The zero-order valence-electron chi connectivity index (χ0n) is 7.12. The smallest absolute Gasteiger partial charge is 0.140 e. The second-order valence-corrected chi connectivity index (χ2v) is 2.85. The normalized spacial score (nSPS) is 13.3. The molecule has 0 spiro atoms. The fraction of sp³-hybridized carbons (Fsp3) is 0.571. The molecule has 0 amide bonds. The quantitative estimate of drug-likeness (QED) is 0.763. The molecule has 1 heterocycles. The molecule has 0 aliphatic heterocycles. The minimum absolute atomic E-state index is 0.178. The van der Waals surface area contributed by atoms with Crippen molar-refractivity contribution in [1.29, 1.82) is 0 Å². The Bertz CT molecular complexity index is 257. The molecule has 1 aromatic rings. The van der Waals surface area contributed by atoms with Gasteiger partial charge in [-0.2, -0.15) is 0 Å². The third kappa shape index (κ3) is 1.60. The zero-order chi connectivity index (χ0) is 9.14. The van der Waals surface area contributed by atoms with Crippen LogP contribution < -0.4 is 5.73 Å². The molecule has 1 atom stereocenters. The molecule has 0 saturated heterocycles. The molecule has 1 rings (SSSR count). The number of imidazole rings is 1. The molecule has 12 heavy (non-hydrogen) atoms. The average molecular weight is 190 g/mol. The number of ether oxygens (including phenoxy) is 1. The van der Waals surface area contributed by atoms with E-state index in [0.29, 0.717) is 11.7 Å². The summed E-state index contributed by atoms with van der Waals surface area (Å²) in [6.45, 7) is 0.400. The first kappa shape index (κ1) is 9.51. The standard InChI is InChI=1S/C7H12ClN3O/c1-11-6(8)4-10-7(11)5(3-9)12-2/h4-5H,3,9H2,1-2H3. The Balaban J connectivity index is 2.93. The Kier molecular flexibility index (Phi) is 3.08. The maximum atomic E-state index is 5.79. The summed E-state index contributed by atoms with van der Waals surface area (Å²) in [7, 11) is 3.42. The average Bonchev–Trinajstić information content (AvgIpc) is 2.38. The molecule has 1 unspecified atom stereocenters. The summed E-state index contributed by atoms with van der Waals surface area (Å²) in [5.74, 6) is 0.755. The van der Waals surface area contributed by atoms with Gasteiger partial charge in [0.15, 0.2) is 0 Å². The maximum absolute atomic E-state index is 5.79. The lowest BCUT2D eigenvalue weighted by molar-refractivity contribution is 0.101. The molecule has 0 aliphatic rings. The highest BCUT2D eigenvalue weighted by molar-refractivity contribution is 6.29. The molecule has 0 bridgehead atoms. The minimum Gasteiger partial charge on any atom is -0.372 e. The lowest BCUT2D eigenvalue weighted by atomic mass is 10.3. The van der Waals surface area contributed by atoms with Crippen LogP contribution in [0, 0.1) is 0 Å². The highest BCUT2D eigenvalue weighted by Crippen LogP contribution is 2.17. The molecule has 0 saturated carbocycles. The van der Waals surface area contributed by atoms with Crippen LogP contribution in [0.3, 0.4) is 0 Å². The highest BCUT2D eigenvalue weighted by Gasteiger charge is 2.14. The van der Waals surface area contributed by atoms with Crippen LogP contribution in [0.4, 0.5) is 0 Å². The van der Waals surface area contributed by atoms with Crippen LogP contribution >= 0.6 is 11.6 Å². The number of methoxy groups -OCH3 is 1. The molecule has 4 nitrogen and oxygen atoms in total. The number of nitrogens with two attached hydrogens (primary N) is 1. The van der Waals surface area contributed by atoms with Crippen molar-refractivity contribution in [3.63, 3.8) is 0 Å². The van der Waals surface area contributed by atoms with Crippen molar-refractivity contribution in [2.45, 2.75) is 6.10 Å². The van der Waals surface area contributed by atoms with Crippen LogP contribution in [0.25, 0.3) is 0 Å². The van der Waals surface area contributed by atoms with Gasteiger partial charge in [-0.1, -0.05) is 11.6 Å². The number of aromatic nitrogens is 2. The van der Waals surface area contributed by atoms with Crippen molar-refractivity contribution in [3.05, 3.63) is 17.2 Å². The van der Waals surface area contributed by atoms with Gasteiger partial charge >= 0.3 is 0 Å². The van der Waals surface area contributed by atoms with Gasteiger partial charge in [-0.05, 0) is 0 Å². The van der Waals surface area contributed by atoms with E-state index < -0.39 is 0 Å². The maximum Gasteiger partial charge on any atom is 0.140 e. The van der Waals surface area contributed by atoms with Crippen LogP contribution in [0.15, 0.2) is 6.20 Å². The fourth-order valence-corrected chi connectivity index (χ4v) is 1.14. The summed E-state index contributed by atoms with van der Waals surface area (Å²) in [5.41, 5.74) is 5.47. The van der Waals surface area contributed by atoms with Crippen LogP contribution in [-0.2, 0) is 11.8 Å². The number of rotatable bonds is 3. The van der Waals surface area contributed by atoms with E-state index in [1.807, 2.05) is 7.05 Å². The summed E-state index contributed by atoms with van der Waals surface area (Å²) in [6, 6.07) is 0. The SMILES string of the molecule is COC(CN)c1ncc(Cl)n1C. The van der Waals surface area contributed by atoms with Gasteiger partial charge < -0.3 is 15.0 Å². The predicted octanol–water partition coefficient (Wildman–Crippen LogP) is 0.720. The van der Waals surface area contributed by atoms with Crippen molar-refractivity contribution in [1.82, 2.24) is 9.55 Å². The number of nitrogens with zero attached hydrogens (tertiary/aromatic N) is 2. The molecule has 0 aliphatic carbocycles. The first-order chi connectivity index (χ1) is 5.70. The largest absolute Gasteiger partial charge is 0.372 e. The zero-order valence-corrected chi connectivity index (χ0v) is 7.88. The van der Waals surface area contributed by atoms with Gasteiger partial charge in [0.1, 0.15) is 17.1 Å². The van der Waals surface area contributed by atoms with E-state index in [1.165, 1.54) is 0 Å². The molecule has 0 aromatic carbocycles. The van der Waals surface area contributed by atoms with E-state index in [-0.39, 0.29) is 6.10 Å².